The summed E-state index contributed by atoms with van der Waals surface area (Å²) in [6.45, 7) is 18.6. The van der Waals surface area contributed by atoms with Gasteiger partial charge >= 0.3 is 30.2 Å². The van der Waals surface area contributed by atoms with Gasteiger partial charge in [0.25, 0.3) is 0 Å². The van der Waals surface area contributed by atoms with E-state index in [1.165, 1.54) is 0 Å². The van der Waals surface area contributed by atoms with Crippen molar-refractivity contribution >= 4 is 40.0 Å². The van der Waals surface area contributed by atoms with Crippen LogP contribution in [-0.2, 0) is 27.8 Å². The van der Waals surface area contributed by atoms with E-state index in [1.807, 2.05) is 39.8 Å². The van der Waals surface area contributed by atoms with Crippen molar-refractivity contribution in [1.29, 1.82) is 0 Å². The molecular weight excluding hydrogens is 440 g/mol. The summed E-state index contributed by atoms with van der Waals surface area (Å²) in [4.78, 5) is 0. The van der Waals surface area contributed by atoms with Crippen molar-refractivity contribution in [2.24, 2.45) is 0 Å². The molecule has 0 amide bonds. The SMILES string of the molecule is CC(C)(C)[NH-].Cl.Cl.[C-]1=CC=CC1.[CH2-]CCO[Si](C)(C)C.[CH3-].[SiH2]=[Zr]. The van der Waals surface area contributed by atoms with Gasteiger partial charge in [-0.3, -0.25) is 6.08 Å². The second-order valence-electron chi connectivity index (χ2n) is 6.07. The molecule has 2 nitrogen and oxygen atoms in total. The van der Waals surface area contributed by atoms with Gasteiger partial charge in [-0.05, 0) is 19.6 Å². The van der Waals surface area contributed by atoms with Gasteiger partial charge in [-0.1, -0.05) is 20.8 Å². The standard InChI is InChI=1S/C6H15OSi.C5H5.C4H10N.CH3.2ClH.H2Si.Zr/c1-5-6-7-8(2,3)4;1-2-4-5-3-1;1-4(2,3)5;;;;;/h1,5-6H2,2-4H3;1-3H,4H2;5H,1-3H3;1H3;2*1H;1H2;/q4*-1;;;;. The minimum absolute atomic E-state index is 0. The van der Waals surface area contributed by atoms with Crippen LogP contribution in [0.1, 0.15) is 33.6 Å². The number of allylic oxidation sites excluding steroid dienone is 4. The summed E-state index contributed by atoms with van der Waals surface area (Å²) in [6, 6.07) is 0. The zero-order chi connectivity index (χ0) is 16.7. The van der Waals surface area contributed by atoms with Crippen molar-refractivity contribution in [2.75, 3.05) is 6.61 Å². The fraction of sp³-hybridized carbons (Fsp3) is 0.625. The first-order valence-electron chi connectivity index (χ1n) is 6.81. The molecule has 0 saturated heterocycles. The first-order chi connectivity index (χ1) is 9.06. The third-order valence-electron chi connectivity index (χ3n) is 1.27. The van der Waals surface area contributed by atoms with E-state index >= 15 is 0 Å². The predicted octanol–water partition coefficient (Wildman–Crippen LogP) is 5.58. The Morgan fingerprint density at radius 1 is 1.26 bits per heavy atom. The van der Waals surface area contributed by atoms with Crippen LogP contribution in [-0.4, -0.2) is 27.3 Å². The van der Waals surface area contributed by atoms with Crippen LogP contribution in [0.15, 0.2) is 18.2 Å². The molecule has 1 aliphatic carbocycles. The summed E-state index contributed by atoms with van der Waals surface area (Å²) in [5, 5.41) is 0. The third-order valence-corrected chi connectivity index (χ3v) is 2.34. The predicted molar refractivity (Wildman–Crippen MR) is 114 cm³/mol. The molecule has 0 spiro atoms. The van der Waals surface area contributed by atoms with Crippen molar-refractivity contribution in [3.63, 3.8) is 0 Å². The summed E-state index contributed by atoms with van der Waals surface area (Å²) < 4.78 is 5.45. The third kappa shape index (κ3) is 82.8. The molecule has 0 heterocycles. The molecule has 0 fully saturated rings. The Hall–Kier alpha value is 1.30. The molecule has 0 unspecified atom stereocenters. The fourth-order valence-electron chi connectivity index (χ4n) is 0.719. The normalized spacial score (nSPS) is 10.7. The average Bonchev–Trinajstić information content (AvgIpc) is 2.84. The van der Waals surface area contributed by atoms with Crippen molar-refractivity contribution in [3.05, 3.63) is 44.4 Å². The van der Waals surface area contributed by atoms with Gasteiger partial charge in [0.05, 0.1) is 0 Å². The fourth-order valence-corrected chi connectivity index (χ4v) is 1.48. The molecule has 1 N–H and O–H groups in total. The van der Waals surface area contributed by atoms with E-state index in [-0.39, 0.29) is 37.8 Å². The molecule has 0 aromatic carbocycles. The molecule has 0 radical (unpaired) electrons. The quantitative estimate of drug-likeness (QED) is 0.386. The van der Waals surface area contributed by atoms with Crippen LogP contribution in [0, 0.1) is 20.4 Å². The minimum atomic E-state index is -1.22. The molecule has 0 aromatic rings. The molecular formula is C16H37Cl2NOSi2Zr-4. The Morgan fingerprint density at radius 2 is 1.65 bits per heavy atom. The molecule has 7 heteroatoms. The molecule has 23 heavy (non-hydrogen) atoms. The van der Waals surface area contributed by atoms with Gasteiger partial charge in [0.2, 0.25) is 0 Å². The molecule has 0 bridgehead atoms. The molecule has 0 aromatic heterocycles. The number of nitrogens with one attached hydrogen (secondary N) is 1. The first kappa shape index (κ1) is 39.4. The van der Waals surface area contributed by atoms with E-state index in [9.17, 15) is 0 Å². The molecule has 0 saturated carbocycles. The van der Waals surface area contributed by atoms with Gasteiger partial charge in [-0.2, -0.15) is 12.5 Å². The second-order valence-corrected chi connectivity index (χ2v) is 10.6. The molecule has 0 aliphatic heterocycles. The Balaban J connectivity index is -0.0000000431. The van der Waals surface area contributed by atoms with Gasteiger partial charge in [0, 0.05) is 6.61 Å². The van der Waals surface area contributed by atoms with Crippen LogP contribution in [0.25, 0.3) is 5.73 Å². The first-order valence-corrected chi connectivity index (χ1v) is 16.1. The van der Waals surface area contributed by atoms with Crippen molar-refractivity contribution in [1.82, 2.24) is 0 Å². The summed E-state index contributed by atoms with van der Waals surface area (Å²) >= 11 is 1.58. The van der Waals surface area contributed by atoms with E-state index in [2.05, 4.69) is 38.7 Å². The summed E-state index contributed by atoms with van der Waals surface area (Å²) in [7, 11) is -1.22. The van der Waals surface area contributed by atoms with Crippen LogP contribution in [0.2, 0.25) is 19.6 Å². The van der Waals surface area contributed by atoms with Crippen LogP contribution in [0.5, 0.6) is 0 Å². The Kier molecular flexibility index (Phi) is 43.7. The van der Waals surface area contributed by atoms with Crippen LogP contribution in [0.4, 0.5) is 0 Å². The molecule has 142 valence electrons. The summed E-state index contributed by atoms with van der Waals surface area (Å²) in [5.74, 6) is 0. The summed E-state index contributed by atoms with van der Waals surface area (Å²) in [5.41, 5.74) is 6.69. The van der Waals surface area contributed by atoms with Gasteiger partial charge in [-0.15, -0.1) is 36.8 Å². The number of hydrogen-bond donors (Lipinski definition) is 0. The number of halogens is 2. The summed E-state index contributed by atoms with van der Waals surface area (Å²) in [6.07, 6.45) is 10.9. The van der Waals surface area contributed by atoms with Crippen molar-refractivity contribution in [3.8, 4) is 0 Å². The zero-order valence-corrected chi connectivity index (χ0v) is 22.5. The van der Waals surface area contributed by atoms with E-state index in [4.69, 9.17) is 10.2 Å². The van der Waals surface area contributed by atoms with E-state index in [0.29, 0.717) is 0 Å². The average molecular weight is 478 g/mol. The Morgan fingerprint density at radius 3 is 1.74 bits per heavy atom. The maximum atomic E-state index is 6.94. The van der Waals surface area contributed by atoms with Gasteiger partial charge in [0.1, 0.15) is 0 Å². The van der Waals surface area contributed by atoms with Crippen LogP contribution in [0.3, 0.4) is 0 Å². The van der Waals surface area contributed by atoms with E-state index in [1.54, 1.807) is 23.3 Å². The van der Waals surface area contributed by atoms with E-state index < -0.39 is 8.32 Å². The van der Waals surface area contributed by atoms with Crippen LogP contribution >= 0.6 is 24.8 Å². The van der Waals surface area contributed by atoms with Crippen molar-refractivity contribution < 1.29 is 27.8 Å². The van der Waals surface area contributed by atoms with E-state index in [0.717, 1.165) is 19.4 Å². The molecule has 0 atom stereocenters. The molecule has 1 aliphatic rings. The van der Waals surface area contributed by atoms with Gasteiger partial charge in [0.15, 0.2) is 8.32 Å². The number of hydrogen-bond acceptors (Lipinski definition) is 1. The monoisotopic (exact) mass is 475 g/mol. The zero-order valence-electron chi connectivity index (χ0n) is 16.0. The van der Waals surface area contributed by atoms with Crippen LogP contribution < -0.4 is 0 Å². The topological polar surface area (TPSA) is 33.0 Å². The Bertz CT molecular complexity index is 250. The molecule has 1 rings (SSSR count). The number of rotatable bonds is 3. The van der Waals surface area contributed by atoms with Gasteiger partial charge < -0.3 is 24.5 Å². The second kappa shape index (κ2) is 25.5. The van der Waals surface area contributed by atoms with Crippen molar-refractivity contribution in [2.45, 2.75) is 58.8 Å². The van der Waals surface area contributed by atoms with Gasteiger partial charge in [-0.25, -0.2) is 12.2 Å². The maximum absolute atomic E-state index is 6.94. The Labute approximate surface area is 176 Å².